The maximum atomic E-state index is 12.7. The van der Waals surface area contributed by atoms with E-state index in [-0.39, 0.29) is 23.8 Å². The number of rotatable bonds is 5. The van der Waals surface area contributed by atoms with E-state index in [2.05, 4.69) is 10.4 Å². The molecule has 0 aliphatic carbocycles. The molecule has 1 unspecified atom stereocenters. The van der Waals surface area contributed by atoms with Crippen molar-refractivity contribution in [1.82, 2.24) is 4.90 Å². The number of amides is 2. The number of anilines is 1. The Morgan fingerprint density at radius 2 is 1.97 bits per heavy atom. The molecule has 0 saturated carbocycles. The van der Waals surface area contributed by atoms with Gasteiger partial charge in [0, 0.05) is 25.9 Å². The molecule has 0 fully saturated rings. The lowest BCUT2D eigenvalue weighted by molar-refractivity contribution is -0.125. The average molecular weight is 395 g/mol. The number of nitrogens with zero attached hydrogens (tertiary/aromatic N) is 2. The summed E-state index contributed by atoms with van der Waals surface area (Å²) in [6.07, 6.45) is 0.122. The second kappa shape index (κ2) is 8.42. The SMILES string of the molecule is CN(C)C(=O)c1cc(/C(C=N)=N/N)ccc1NC(=O)C1COc2ccccc2O1. The first kappa shape index (κ1) is 19.9. The predicted molar refractivity (Wildman–Crippen MR) is 109 cm³/mol. The van der Waals surface area contributed by atoms with Crippen LogP contribution in [-0.4, -0.2) is 55.4 Å². The highest BCUT2D eigenvalue weighted by molar-refractivity contribution is 6.37. The molecule has 2 aromatic rings. The third-order valence-corrected chi connectivity index (χ3v) is 4.29. The molecule has 1 aliphatic heterocycles. The Bertz CT molecular complexity index is 987. The molecule has 0 aromatic heterocycles. The van der Waals surface area contributed by atoms with Gasteiger partial charge in [0.25, 0.3) is 11.8 Å². The van der Waals surface area contributed by atoms with Gasteiger partial charge in [-0.25, -0.2) is 0 Å². The van der Waals surface area contributed by atoms with Gasteiger partial charge in [0.1, 0.15) is 12.3 Å². The number of fused-ring (bicyclic) bond motifs is 1. The smallest absolute Gasteiger partial charge is 0.269 e. The maximum absolute atomic E-state index is 12.7. The zero-order valence-electron chi connectivity index (χ0n) is 16.0. The molecule has 1 heterocycles. The number of para-hydroxylation sites is 2. The average Bonchev–Trinajstić information content (AvgIpc) is 2.74. The Morgan fingerprint density at radius 3 is 2.62 bits per heavy atom. The van der Waals surface area contributed by atoms with Crippen LogP contribution in [0.1, 0.15) is 15.9 Å². The van der Waals surface area contributed by atoms with Crippen LogP contribution in [0.2, 0.25) is 0 Å². The first-order valence-corrected chi connectivity index (χ1v) is 8.78. The van der Waals surface area contributed by atoms with Crippen molar-refractivity contribution in [2.24, 2.45) is 10.9 Å². The Morgan fingerprint density at radius 1 is 1.24 bits per heavy atom. The van der Waals surface area contributed by atoms with Gasteiger partial charge in [-0.2, -0.15) is 5.10 Å². The molecule has 3 rings (SSSR count). The molecule has 1 aliphatic rings. The summed E-state index contributed by atoms with van der Waals surface area (Å²) in [6, 6.07) is 11.8. The fraction of sp³-hybridized carbons (Fsp3) is 0.200. The van der Waals surface area contributed by atoms with Crippen LogP contribution in [0.25, 0.3) is 0 Å². The van der Waals surface area contributed by atoms with Crippen LogP contribution in [0, 0.1) is 5.41 Å². The van der Waals surface area contributed by atoms with Gasteiger partial charge < -0.3 is 30.9 Å². The number of carbonyl (C=O) groups is 2. The molecule has 150 valence electrons. The Balaban J connectivity index is 1.87. The van der Waals surface area contributed by atoms with Crippen LogP contribution in [0.5, 0.6) is 11.5 Å². The highest BCUT2D eigenvalue weighted by Crippen LogP contribution is 2.31. The minimum Gasteiger partial charge on any atom is -0.485 e. The van der Waals surface area contributed by atoms with Crippen LogP contribution in [0.4, 0.5) is 5.69 Å². The largest absolute Gasteiger partial charge is 0.485 e. The fourth-order valence-corrected chi connectivity index (χ4v) is 2.79. The van der Waals surface area contributed by atoms with Gasteiger partial charge in [-0.3, -0.25) is 9.59 Å². The van der Waals surface area contributed by atoms with Crippen molar-refractivity contribution in [2.45, 2.75) is 6.10 Å². The highest BCUT2D eigenvalue weighted by atomic mass is 16.6. The van der Waals surface area contributed by atoms with Gasteiger partial charge in [-0.15, -0.1) is 0 Å². The van der Waals surface area contributed by atoms with E-state index in [0.29, 0.717) is 22.7 Å². The Kier molecular flexibility index (Phi) is 5.77. The van der Waals surface area contributed by atoms with Gasteiger partial charge >= 0.3 is 0 Å². The van der Waals surface area contributed by atoms with Crippen molar-refractivity contribution in [3.63, 3.8) is 0 Å². The molecule has 2 amide bonds. The van der Waals surface area contributed by atoms with Crippen molar-refractivity contribution in [3.05, 3.63) is 53.6 Å². The lowest BCUT2D eigenvalue weighted by Gasteiger charge is -2.26. The summed E-state index contributed by atoms with van der Waals surface area (Å²) in [4.78, 5) is 26.7. The topological polar surface area (TPSA) is 130 Å². The number of nitrogens with one attached hydrogen (secondary N) is 2. The summed E-state index contributed by atoms with van der Waals surface area (Å²) in [5.74, 6) is 5.58. The van der Waals surface area contributed by atoms with Gasteiger partial charge in [0.2, 0.25) is 6.10 Å². The van der Waals surface area contributed by atoms with Crippen molar-refractivity contribution < 1.29 is 19.1 Å². The van der Waals surface area contributed by atoms with E-state index in [4.69, 9.17) is 20.7 Å². The molecule has 0 radical (unpaired) electrons. The first-order valence-electron chi connectivity index (χ1n) is 8.78. The zero-order chi connectivity index (χ0) is 21.0. The number of ether oxygens (including phenoxy) is 2. The minimum absolute atomic E-state index is 0.0513. The number of hydrogen-bond donors (Lipinski definition) is 3. The second-order valence-electron chi connectivity index (χ2n) is 6.47. The first-order chi connectivity index (χ1) is 13.9. The van der Waals surface area contributed by atoms with Gasteiger partial charge in [0.05, 0.1) is 11.3 Å². The summed E-state index contributed by atoms with van der Waals surface area (Å²) in [7, 11) is 3.20. The molecular formula is C20H21N5O4. The maximum Gasteiger partial charge on any atom is 0.269 e. The van der Waals surface area contributed by atoms with Crippen molar-refractivity contribution >= 4 is 29.4 Å². The van der Waals surface area contributed by atoms with Crippen molar-refractivity contribution in [3.8, 4) is 11.5 Å². The van der Waals surface area contributed by atoms with E-state index in [1.165, 1.54) is 11.0 Å². The summed E-state index contributed by atoms with van der Waals surface area (Å²) in [6.45, 7) is 0.0513. The molecule has 0 spiro atoms. The van der Waals surface area contributed by atoms with Crippen LogP contribution in [0.3, 0.4) is 0 Å². The molecule has 9 heteroatoms. The normalized spacial score (nSPS) is 15.4. The van der Waals surface area contributed by atoms with E-state index in [1.54, 1.807) is 44.4 Å². The van der Waals surface area contributed by atoms with Crippen LogP contribution >= 0.6 is 0 Å². The molecule has 2 aromatic carbocycles. The molecule has 29 heavy (non-hydrogen) atoms. The minimum atomic E-state index is -0.866. The summed E-state index contributed by atoms with van der Waals surface area (Å²) >= 11 is 0. The van der Waals surface area contributed by atoms with Crippen molar-refractivity contribution in [2.75, 3.05) is 26.0 Å². The lowest BCUT2D eigenvalue weighted by Crippen LogP contribution is -2.40. The van der Waals surface area contributed by atoms with Crippen molar-refractivity contribution in [1.29, 1.82) is 5.41 Å². The molecular weight excluding hydrogens is 374 g/mol. The number of benzene rings is 2. The number of nitrogens with two attached hydrogens (primary N) is 1. The fourth-order valence-electron chi connectivity index (χ4n) is 2.79. The third kappa shape index (κ3) is 4.18. The van der Waals surface area contributed by atoms with Crippen LogP contribution in [0.15, 0.2) is 47.6 Å². The number of carbonyl (C=O) groups excluding carboxylic acids is 2. The van der Waals surface area contributed by atoms with E-state index in [1.807, 2.05) is 6.07 Å². The monoisotopic (exact) mass is 395 g/mol. The highest BCUT2D eigenvalue weighted by Gasteiger charge is 2.28. The standard InChI is InChI=1S/C20H21N5O4/c1-25(2)20(27)13-9-12(15(10-21)24-22)7-8-14(13)23-19(26)18-11-28-16-5-3-4-6-17(16)29-18/h3-10,18,21H,11,22H2,1-2H3,(H,23,26)/b21-10?,24-15+. The third-order valence-electron chi connectivity index (χ3n) is 4.29. The van der Waals surface area contributed by atoms with E-state index in [0.717, 1.165) is 6.21 Å². The molecule has 1 atom stereocenters. The van der Waals surface area contributed by atoms with E-state index < -0.39 is 12.0 Å². The Labute approximate surface area is 167 Å². The zero-order valence-corrected chi connectivity index (χ0v) is 16.0. The molecule has 9 nitrogen and oxygen atoms in total. The number of hydrazone groups is 1. The quantitative estimate of drug-likeness (QED) is 0.401. The predicted octanol–water partition coefficient (Wildman–Crippen LogP) is 1.48. The van der Waals surface area contributed by atoms with Gasteiger partial charge in [-0.1, -0.05) is 18.2 Å². The number of hydrogen-bond acceptors (Lipinski definition) is 7. The van der Waals surface area contributed by atoms with Gasteiger partial charge in [0.15, 0.2) is 11.5 Å². The molecule has 0 bridgehead atoms. The lowest BCUT2D eigenvalue weighted by atomic mass is 10.0. The summed E-state index contributed by atoms with van der Waals surface area (Å²) in [5.41, 5.74) is 1.23. The van der Waals surface area contributed by atoms with Crippen LogP contribution < -0.4 is 20.6 Å². The summed E-state index contributed by atoms with van der Waals surface area (Å²) < 4.78 is 11.3. The second-order valence-corrected chi connectivity index (χ2v) is 6.47. The van der Waals surface area contributed by atoms with E-state index in [9.17, 15) is 9.59 Å². The Hall–Kier alpha value is -3.88. The molecule has 4 N–H and O–H groups in total. The van der Waals surface area contributed by atoms with Crippen LogP contribution in [-0.2, 0) is 4.79 Å². The summed E-state index contributed by atoms with van der Waals surface area (Å²) in [5, 5.41) is 13.7. The molecule has 0 saturated heterocycles. The van der Waals surface area contributed by atoms with Gasteiger partial charge in [-0.05, 0) is 24.3 Å². The van der Waals surface area contributed by atoms with E-state index >= 15 is 0 Å².